The van der Waals surface area contributed by atoms with Crippen LogP contribution in [0.4, 0.5) is 5.13 Å². The minimum absolute atomic E-state index is 0.00537. The highest BCUT2D eigenvalue weighted by Crippen LogP contribution is 2.28. The van der Waals surface area contributed by atoms with Crippen LogP contribution in [-0.2, 0) is 0 Å². The van der Waals surface area contributed by atoms with Crippen molar-refractivity contribution in [2.24, 2.45) is 5.92 Å². The first-order valence-electron chi connectivity index (χ1n) is 7.48. The molecule has 1 amide bonds. The van der Waals surface area contributed by atoms with Crippen molar-refractivity contribution in [3.63, 3.8) is 0 Å². The number of hydrogen-bond donors (Lipinski definition) is 1. The highest BCUT2D eigenvalue weighted by atomic mass is 32.1. The molecule has 1 aromatic rings. The molecule has 0 saturated heterocycles. The van der Waals surface area contributed by atoms with Crippen molar-refractivity contribution in [1.82, 2.24) is 15.1 Å². The molecule has 0 spiro atoms. The van der Waals surface area contributed by atoms with Gasteiger partial charge in [0.15, 0.2) is 0 Å². The van der Waals surface area contributed by atoms with Crippen LogP contribution < -0.4 is 5.32 Å². The third-order valence-electron chi connectivity index (χ3n) is 4.02. The molecule has 1 saturated carbocycles. The molecule has 6 heteroatoms. The Morgan fingerprint density at radius 2 is 2.15 bits per heavy atom. The number of nitrogens with zero attached hydrogens (tertiary/aromatic N) is 3. The Morgan fingerprint density at radius 1 is 1.40 bits per heavy atom. The quantitative estimate of drug-likeness (QED) is 0.907. The summed E-state index contributed by atoms with van der Waals surface area (Å²) in [7, 11) is 1.90. The van der Waals surface area contributed by atoms with Crippen molar-refractivity contribution in [2.75, 3.05) is 18.9 Å². The first-order valence-corrected chi connectivity index (χ1v) is 8.29. The number of amides is 1. The average Bonchev–Trinajstić information content (AvgIpc) is 2.93. The van der Waals surface area contributed by atoms with E-state index >= 15 is 0 Å². The lowest BCUT2D eigenvalue weighted by Gasteiger charge is -2.35. The molecule has 2 unspecified atom stereocenters. The predicted octanol–water partition coefficient (Wildman–Crippen LogP) is 3.01. The molecule has 1 fully saturated rings. The topological polar surface area (TPSA) is 58.1 Å². The number of aromatic nitrogens is 2. The first-order chi connectivity index (χ1) is 9.63. The molecule has 1 aromatic heterocycles. The van der Waals surface area contributed by atoms with Crippen molar-refractivity contribution in [1.29, 1.82) is 0 Å². The second kappa shape index (κ2) is 7.02. The van der Waals surface area contributed by atoms with Gasteiger partial charge in [0, 0.05) is 19.6 Å². The standard InChI is InChI=1S/C14H24N4OS/c1-4-9-15-14-17-16-12(20-14)13(19)18(3)11-8-6-5-7-10(11)2/h10-11H,4-9H2,1-3H3,(H,15,17). The van der Waals surface area contributed by atoms with Crippen LogP contribution in [-0.4, -0.2) is 40.6 Å². The number of carbonyl (C=O) groups is 1. The van der Waals surface area contributed by atoms with Crippen molar-refractivity contribution in [2.45, 2.75) is 52.0 Å². The molecule has 20 heavy (non-hydrogen) atoms. The Hall–Kier alpha value is -1.17. The fourth-order valence-electron chi connectivity index (χ4n) is 2.79. The molecule has 0 bridgehead atoms. The monoisotopic (exact) mass is 296 g/mol. The third kappa shape index (κ3) is 3.48. The first kappa shape index (κ1) is 15.2. The Kier molecular flexibility index (Phi) is 5.34. The van der Waals surface area contributed by atoms with Gasteiger partial charge in [-0.2, -0.15) is 0 Å². The maximum Gasteiger partial charge on any atom is 0.284 e. The summed E-state index contributed by atoms with van der Waals surface area (Å²) < 4.78 is 0. The van der Waals surface area contributed by atoms with Crippen LogP contribution in [0.25, 0.3) is 0 Å². The van der Waals surface area contributed by atoms with Gasteiger partial charge in [-0.05, 0) is 25.2 Å². The number of hydrogen-bond acceptors (Lipinski definition) is 5. The Morgan fingerprint density at radius 3 is 2.85 bits per heavy atom. The van der Waals surface area contributed by atoms with Crippen LogP contribution in [0.1, 0.15) is 55.8 Å². The SMILES string of the molecule is CCCNc1nnc(C(=O)N(C)C2CCCCC2C)s1. The largest absolute Gasteiger partial charge is 0.360 e. The van der Waals surface area contributed by atoms with Crippen LogP contribution in [0.3, 0.4) is 0 Å². The van der Waals surface area contributed by atoms with Crippen molar-refractivity contribution >= 4 is 22.4 Å². The molecular formula is C14H24N4OS. The molecule has 1 N–H and O–H groups in total. The maximum atomic E-state index is 12.5. The van der Waals surface area contributed by atoms with E-state index in [2.05, 4.69) is 29.4 Å². The van der Waals surface area contributed by atoms with Crippen LogP contribution in [0.15, 0.2) is 0 Å². The second-order valence-electron chi connectivity index (χ2n) is 5.58. The summed E-state index contributed by atoms with van der Waals surface area (Å²) in [5.41, 5.74) is 0. The van der Waals surface area contributed by atoms with E-state index in [1.165, 1.54) is 30.6 Å². The van der Waals surface area contributed by atoms with Crippen molar-refractivity contribution in [3.05, 3.63) is 5.01 Å². The number of carbonyl (C=O) groups excluding carboxylic acids is 1. The lowest BCUT2D eigenvalue weighted by Crippen LogP contribution is -2.42. The van der Waals surface area contributed by atoms with Gasteiger partial charge in [0.2, 0.25) is 10.1 Å². The van der Waals surface area contributed by atoms with E-state index in [0.29, 0.717) is 17.0 Å². The molecule has 0 aliphatic heterocycles. The molecule has 2 rings (SSSR count). The average molecular weight is 296 g/mol. The summed E-state index contributed by atoms with van der Waals surface area (Å²) in [6, 6.07) is 0.340. The minimum atomic E-state index is 0.00537. The lowest BCUT2D eigenvalue weighted by atomic mass is 9.85. The smallest absolute Gasteiger partial charge is 0.284 e. The predicted molar refractivity (Wildman–Crippen MR) is 82.2 cm³/mol. The molecule has 1 aliphatic rings. The second-order valence-corrected chi connectivity index (χ2v) is 6.56. The minimum Gasteiger partial charge on any atom is -0.360 e. The summed E-state index contributed by atoms with van der Waals surface area (Å²) in [5.74, 6) is 0.578. The van der Waals surface area contributed by atoms with E-state index < -0.39 is 0 Å². The van der Waals surface area contributed by atoms with Gasteiger partial charge in [-0.3, -0.25) is 4.79 Å². The van der Waals surface area contributed by atoms with E-state index in [1.54, 1.807) is 0 Å². The van der Waals surface area contributed by atoms with E-state index in [9.17, 15) is 4.79 Å². The Balaban J connectivity index is 2.00. The molecule has 1 aliphatic carbocycles. The summed E-state index contributed by atoms with van der Waals surface area (Å²) in [5, 5.41) is 12.5. The van der Waals surface area contributed by atoms with Crippen LogP contribution in [0, 0.1) is 5.92 Å². The Labute approximate surface area is 124 Å². The van der Waals surface area contributed by atoms with Crippen LogP contribution >= 0.6 is 11.3 Å². The van der Waals surface area contributed by atoms with Gasteiger partial charge in [-0.15, -0.1) is 10.2 Å². The van der Waals surface area contributed by atoms with Gasteiger partial charge in [0.1, 0.15) is 0 Å². The fraction of sp³-hybridized carbons (Fsp3) is 0.786. The molecule has 0 aromatic carbocycles. The summed E-state index contributed by atoms with van der Waals surface area (Å²) in [4.78, 5) is 14.4. The highest BCUT2D eigenvalue weighted by Gasteiger charge is 2.29. The van der Waals surface area contributed by atoms with Crippen LogP contribution in [0.2, 0.25) is 0 Å². The summed E-state index contributed by atoms with van der Waals surface area (Å²) in [6.07, 6.45) is 5.84. The zero-order valence-electron chi connectivity index (χ0n) is 12.6. The van der Waals surface area contributed by atoms with Gasteiger partial charge < -0.3 is 10.2 Å². The molecule has 2 atom stereocenters. The Bertz CT molecular complexity index is 448. The molecular weight excluding hydrogens is 272 g/mol. The van der Waals surface area contributed by atoms with E-state index in [0.717, 1.165) is 24.5 Å². The maximum absolute atomic E-state index is 12.5. The summed E-state index contributed by atoms with van der Waals surface area (Å²) >= 11 is 1.35. The summed E-state index contributed by atoms with van der Waals surface area (Å²) in [6.45, 7) is 5.19. The van der Waals surface area contributed by atoms with Crippen molar-refractivity contribution in [3.8, 4) is 0 Å². The zero-order chi connectivity index (χ0) is 14.5. The normalized spacial score (nSPS) is 22.6. The van der Waals surface area contributed by atoms with Gasteiger partial charge in [0.25, 0.3) is 5.91 Å². The fourth-order valence-corrected chi connectivity index (χ4v) is 3.54. The van der Waals surface area contributed by atoms with E-state index in [4.69, 9.17) is 0 Å². The number of anilines is 1. The molecule has 5 nitrogen and oxygen atoms in total. The highest BCUT2D eigenvalue weighted by molar-refractivity contribution is 7.17. The number of nitrogens with one attached hydrogen (secondary N) is 1. The molecule has 1 heterocycles. The van der Waals surface area contributed by atoms with Gasteiger partial charge in [-0.25, -0.2) is 0 Å². The van der Waals surface area contributed by atoms with Gasteiger partial charge in [-0.1, -0.05) is 38.0 Å². The van der Waals surface area contributed by atoms with Gasteiger partial charge >= 0.3 is 0 Å². The lowest BCUT2D eigenvalue weighted by molar-refractivity contribution is 0.0627. The van der Waals surface area contributed by atoms with E-state index in [1.807, 2.05) is 11.9 Å². The van der Waals surface area contributed by atoms with Crippen molar-refractivity contribution < 1.29 is 4.79 Å². The number of rotatable bonds is 5. The zero-order valence-corrected chi connectivity index (χ0v) is 13.4. The third-order valence-corrected chi connectivity index (χ3v) is 4.89. The molecule has 112 valence electrons. The van der Waals surface area contributed by atoms with Crippen LogP contribution in [0.5, 0.6) is 0 Å². The van der Waals surface area contributed by atoms with E-state index in [-0.39, 0.29) is 5.91 Å². The molecule has 0 radical (unpaired) electrons. The van der Waals surface area contributed by atoms with Gasteiger partial charge in [0.05, 0.1) is 0 Å².